The van der Waals surface area contributed by atoms with E-state index in [1.807, 2.05) is 32.0 Å². The van der Waals surface area contributed by atoms with Crippen molar-refractivity contribution < 1.29 is 14.6 Å². The molecular weight excluding hydrogens is 216 g/mol. The summed E-state index contributed by atoms with van der Waals surface area (Å²) in [5.41, 5.74) is 2.77. The van der Waals surface area contributed by atoms with Crippen molar-refractivity contribution in [3.8, 4) is 5.75 Å². The summed E-state index contributed by atoms with van der Waals surface area (Å²) in [5.74, 6) is -0.200. The Hall–Kier alpha value is -1.77. The zero-order chi connectivity index (χ0) is 12.8. The van der Waals surface area contributed by atoms with Gasteiger partial charge >= 0.3 is 5.97 Å². The van der Waals surface area contributed by atoms with Crippen LogP contribution in [-0.4, -0.2) is 18.2 Å². The molecule has 0 aliphatic heterocycles. The van der Waals surface area contributed by atoms with Crippen LogP contribution in [0, 0.1) is 6.92 Å². The molecule has 0 unspecified atom stereocenters. The maximum atomic E-state index is 10.8. The van der Waals surface area contributed by atoms with Crippen LogP contribution in [0.15, 0.2) is 24.3 Å². The number of hydrogen-bond donors (Lipinski definition) is 1. The summed E-state index contributed by atoms with van der Waals surface area (Å²) >= 11 is 0. The first-order chi connectivity index (χ1) is 8.08. The molecule has 1 N–H and O–H groups in total. The fourth-order valence-electron chi connectivity index (χ4n) is 1.78. The van der Waals surface area contributed by atoms with E-state index in [4.69, 9.17) is 9.84 Å². The molecule has 0 atom stereocenters. The summed E-state index contributed by atoms with van der Waals surface area (Å²) in [6.45, 7) is 4.01. The number of allylic oxidation sites excluding steroid dienone is 1. The Morgan fingerprint density at radius 3 is 2.71 bits per heavy atom. The fraction of sp³-hybridized carbons (Fsp3) is 0.357. The lowest BCUT2D eigenvalue weighted by Crippen LogP contribution is -1.96. The molecule has 0 saturated carbocycles. The van der Waals surface area contributed by atoms with Crippen LogP contribution >= 0.6 is 0 Å². The maximum absolute atomic E-state index is 10.8. The third-order valence-electron chi connectivity index (χ3n) is 2.52. The van der Waals surface area contributed by atoms with E-state index in [1.54, 1.807) is 7.11 Å². The van der Waals surface area contributed by atoms with E-state index >= 15 is 0 Å². The third-order valence-corrected chi connectivity index (χ3v) is 2.52. The highest BCUT2D eigenvalue weighted by Gasteiger charge is 2.09. The summed E-state index contributed by atoms with van der Waals surface area (Å²) in [5, 5.41) is 8.89. The number of hydrogen-bond acceptors (Lipinski definition) is 2. The van der Waals surface area contributed by atoms with Gasteiger partial charge < -0.3 is 9.84 Å². The lowest BCUT2D eigenvalue weighted by molar-refractivity contribution is -0.131. The number of carbonyl (C=O) groups is 1. The quantitative estimate of drug-likeness (QED) is 0.795. The van der Waals surface area contributed by atoms with E-state index < -0.39 is 5.97 Å². The fourth-order valence-corrected chi connectivity index (χ4v) is 1.78. The number of benzene rings is 1. The average Bonchev–Trinajstić information content (AvgIpc) is 2.28. The highest BCUT2D eigenvalue weighted by atomic mass is 16.5. The summed E-state index contributed by atoms with van der Waals surface area (Å²) in [6, 6.07) is 5.78. The van der Waals surface area contributed by atoms with Gasteiger partial charge in [-0.05, 0) is 31.1 Å². The van der Waals surface area contributed by atoms with Gasteiger partial charge in [-0.25, -0.2) is 4.79 Å². The number of methoxy groups -OCH3 is 1. The third kappa shape index (κ3) is 3.63. The summed E-state index contributed by atoms with van der Waals surface area (Å²) in [7, 11) is 1.60. The van der Waals surface area contributed by atoms with Crippen molar-refractivity contribution in [3.05, 3.63) is 35.4 Å². The predicted molar refractivity (Wildman–Crippen MR) is 68.3 cm³/mol. The number of rotatable bonds is 5. The molecule has 0 aliphatic carbocycles. The van der Waals surface area contributed by atoms with Crippen molar-refractivity contribution in [2.75, 3.05) is 7.11 Å². The van der Waals surface area contributed by atoms with Gasteiger partial charge in [0.25, 0.3) is 0 Å². The van der Waals surface area contributed by atoms with Gasteiger partial charge in [-0.15, -0.1) is 0 Å². The molecule has 1 aromatic rings. The summed E-state index contributed by atoms with van der Waals surface area (Å²) in [4.78, 5) is 10.8. The van der Waals surface area contributed by atoms with Crippen LogP contribution in [0.5, 0.6) is 5.75 Å². The van der Waals surface area contributed by atoms with Gasteiger partial charge in [0.2, 0.25) is 0 Å². The smallest absolute Gasteiger partial charge is 0.328 e. The number of aliphatic carboxylic acids is 1. The van der Waals surface area contributed by atoms with Crippen molar-refractivity contribution in [2.45, 2.75) is 26.7 Å². The van der Waals surface area contributed by atoms with E-state index in [0.29, 0.717) is 0 Å². The van der Waals surface area contributed by atoms with Crippen LogP contribution in [0.4, 0.5) is 0 Å². The molecule has 0 aromatic heterocycles. The second-order valence-electron chi connectivity index (χ2n) is 3.96. The van der Waals surface area contributed by atoms with Gasteiger partial charge in [0, 0.05) is 11.6 Å². The standard InChI is InChI=1S/C14H18O3/c1-4-5-11(9-14(15)16)12-8-10(2)6-7-13(12)17-3/h6-9H,4-5H2,1-3H3,(H,15,16)/b11-9+. The van der Waals surface area contributed by atoms with Gasteiger partial charge in [0.15, 0.2) is 0 Å². The first-order valence-corrected chi connectivity index (χ1v) is 5.67. The van der Waals surface area contributed by atoms with Crippen LogP contribution in [0.1, 0.15) is 30.9 Å². The first kappa shape index (κ1) is 13.3. The van der Waals surface area contributed by atoms with Gasteiger partial charge in [0.05, 0.1) is 7.11 Å². The minimum absolute atomic E-state index is 0.719. The van der Waals surface area contributed by atoms with Crippen molar-refractivity contribution >= 4 is 11.5 Å². The van der Waals surface area contributed by atoms with Crippen molar-refractivity contribution in [2.24, 2.45) is 0 Å². The summed E-state index contributed by atoms with van der Waals surface area (Å²) < 4.78 is 5.28. The SMILES string of the molecule is CCC/C(=C\C(=O)O)c1cc(C)ccc1OC. The Bertz CT molecular complexity index is 433. The molecule has 3 nitrogen and oxygen atoms in total. The second-order valence-corrected chi connectivity index (χ2v) is 3.96. The Kier molecular flexibility index (Phi) is 4.76. The topological polar surface area (TPSA) is 46.5 Å². The van der Waals surface area contributed by atoms with Crippen molar-refractivity contribution in [1.29, 1.82) is 0 Å². The molecule has 0 fully saturated rings. The normalized spacial score (nSPS) is 11.4. The van der Waals surface area contributed by atoms with Crippen LogP contribution in [0.25, 0.3) is 5.57 Å². The van der Waals surface area contributed by atoms with E-state index in [1.165, 1.54) is 6.08 Å². The Morgan fingerprint density at radius 2 is 2.18 bits per heavy atom. The van der Waals surface area contributed by atoms with E-state index in [0.717, 1.165) is 35.3 Å². The predicted octanol–water partition coefficient (Wildman–Crippen LogP) is 3.27. The number of carboxylic acid groups (broad SMARTS) is 1. The molecule has 0 amide bonds. The lowest BCUT2D eigenvalue weighted by atomic mass is 9.98. The van der Waals surface area contributed by atoms with Crippen molar-refractivity contribution in [3.63, 3.8) is 0 Å². The molecule has 0 saturated heterocycles. The molecule has 0 heterocycles. The van der Waals surface area contributed by atoms with Gasteiger partial charge in [0.1, 0.15) is 5.75 Å². The molecule has 0 bridgehead atoms. The lowest BCUT2D eigenvalue weighted by Gasteiger charge is -2.12. The molecule has 0 radical (unpaired) electrons. The largest absolute Gasteiger partial charge is 0.496 e. The molecule has 0 aliphatic rings. The monoisotopic (exact) mass is 234 g/mol. The van der Waals surface area contributed by atoms with Crippen LogP contribution in [0.2, 0.25) is 0 Å². The Labute approximate surface area is 102 Å². The number of carboxylic acids is 1. The second kappa shape index (κ2) is 6.09. The van der Waals surface area contributed by atoms with Crippen LogP contribution in [0.3, 0.4) is 0 Å². The minimum Gasteiger partial charge on any atom is -0.496 e. The molecule has 3 heteroatoms. The highest BCUT2D eigenvalue weighted by molar-refractivity contribution is 5.91. The molecule has 92 valence electrons. The number of ether oxygens (including phenoxy) is 1. The van der Waals surface area contributed by atoms with Crippen molar-refractivity contribution in [1.82, 2.24) is 0 Å². The van der Waals surface area contributed by atoms with Crippen LogP contribution in [-0.2, 0) is 4.79 Å². The Balaban J connectivity index is 3.25. The molecule has 17 heavy (non-hydrogen) atoms. The summed E-state index contributed by atoms with van der Waals surface area (Å²) in [6.07, 6.45) is 2.89. The maximum Gasteiger partial charge on any atom is 0.328 e. The zero-order valence-electron chi connectivity index (χ0n) is 10.5. The van der Waals surface area contributed by atoms with Gasteiger partial charge in [-0.2, -0.15) is 0 Å². The number of aryl methyl sites for hydroxylation is 1. The molecule has 1 rings (SSSR count). The van der Waals surface area contributed by atoms with Gasteiger partial charge in [-0.1, -0.05) is 25.0 Å². The van der Waals surface area contributed by atoms with Gasteiger partial charge in [-0.3, -0.25) is 0 Å². The van der Waals surface area contributed by atoms with E-state index in [9.17, 15) is 4.79 Å². The average molecular weight is 234 g/mol. The van der Waals surface area contributed by atoms with E-state index in [-0.39, 0.29) is 0 Å². The molecule has 0 spiro atoms. The highest BCUT2D eigenvalue weighted by Crippen LogP contribution is 2.29. The zero-order valence-corrected chi connectivity index (χ0v) is 10.5. The Morgan fingerprint density at radius 1 is 1.47 bits per heavy atom. The molecular formula is C14H18O3. The van der Waals surface area contributed by atoms with Crippen LogP contribution < -0.4 is 4.74 Å². The molecule has 1 aromatic carbocycles. The minimum atomic E-state index is -0.919. The van der Waals surface area contributed by atoms with E-state index in [2.05, 4.69) is 0 Å². The first-order valence-electron chi connectivity index (χ1n) is 5.67.